The van der Waals surface area contributed by atoms with Gasteiger partial charge in [-0.3, -0.25) is 9.69 Å². The number of carbonyl (C=O) groups is 1. The lowest BCUT2D eigenvalue weighted by Gasteiger charge is -2.35. The Bertz CT molecular complexity index is 833. The third-order valence-corrected chi connectivity index (χ3v) is 5.21. The Balaban J connectivity index is 1.70. The number of nitrogens with zero attached hydrogens (tertiary/aromatic N) is 1. The molecular weight excluding hydrogens is 379 g/mol. The number of hydrogen-bond acceptors (Lipinski definition) is 3. The zero-order valence-electron chi connectivity index (χ0n) is 15.8. The Morgan fingerprint density at radius 1 is 1.21 bits per heavy atom. The topological polar surface area (TPSA) is 41.6 Å². The minimum atomic E-state index is -0.297. The van der Waals surface area contributed by atoms with Crippen LogP contribution in [-0.2, 0) is 9.53 Å². The Morgan fingerprint density at radius 3 is 2.57 bits per heavy atom. The number of halogens is 2. The van der Waals surface area contributed by atoms with Crippen LogP contribution >= 0.6 is 11.6 Å². The highest BCUT2D eigenvalue weighted by Gasteiger charge is 2.24. The number of benzene rings is 2. The molecule has 0 spiro atoms. The maximum absolute atomic E-state index is 13.1. The van der Waals surface area contributed by atoms with Gasteiger partial charge in [-0.2, -0.15) is 0 Å². The van der Waals surface area contributed by atoms with Gasteiger partial charge in [0.2, 0.25) is 5.91 Å². The summed E-state index contributed by atoms with van der Waals surface area (Å²) in [5, 5.41) is 3.67. The highest BCUT2D eigenvalue weighted by atomic mass is 35.5. The third-order valence-electron chi connectivity index (χ3n) is 4.87. The first-order chi connectivity index (χ1) is 13.5. The highest BCUT2D eigenvalue weighted by molar-refractivity contribution is 6.31. The van der Waals surface area contributed by atoms with E-state index in [1.807, 2.05) is 31.2 Å². The van der Waals surface area contributed by atoms with Crippen LogP contribution in [0.1, 0.15) is 24.1 Å². The summed E-state index contributed by atoms with van der Waals surface area (Å²) in [4.78, 5) is 14.7. The second-order valence-corrected chi connectivity index (χ2v) is 7.17. The molecule has 2 aromatic carbocycles. The summed E-state index contributed by atoms with van der Waals surface area (Å²) in [6, 6.07) is 13.8. The van der Waals surface area contributed by atoms with Crippen molar-refractivity contribution in [1.82, 2.24) is 10.2 Å². The highest BCUT2D eigenvalue weighted by Crippen LogP contribution is 2.27. The molecule has 1 unspecified atom stereocenters. The SMILES string of the molecule is C/C(=C/C(=O)NCC(c1ccccc1Cl)N1CCOCC1)c1ccc(F)cc1. The van der Waals surface area contributed by atoms with Gasteiger partial charge in [-0.15, -0.1) is 0 Å². The average molecular weight is 403 g/mol. The van der Waals surface area contributed by atoms with Gasteiger partial charge in [0.05, 0.1) is 19.3 Å². The first kappa shape index (κ1) is 20.5. The molecule has 28 heavy (non-hydrogen) atoms. The van der Waals surface area contributed by atoms with Gasteiger partial charge in [0.15, 0.2) is 0 Å². The Labute approximate surface area is 169 Å². The summed E-state index contributed by atoms with van der Waals surface area (Å²) in [7, 11) is 0. The maximum Gasteiger partial charge on any atom is 0.244 e. The molecule has 148 valence electrons. The van der Waals surface area contributed by atoms with E-state index in [1.165, 1.54) is 18.2 Å². The number of ether oxygens (including phenoxy) is 1. The van der Waals surface area contributed by atoms with E-state index >= 15 is 0 Å². The lowest BCUT2D eigenvalue weighted by Crippen LogP contribution is -2.43. The van der Waals surface area contributed by atoms with Gasteiger partial charge in [0.25, 0.3) is 0 Å². The molecule has 1 amide bonds. The van der Waals surface area contributed by atoms with Crippen LogP contribution < -0.4 is 5.32 Å². The van der Waals surface area contributed by atoms with Crippen LogP contribution in [0.15, 0.2) is 54.6 Å². The van der Waals surface area contributed by atoms with E-state index in [0.29, 0.717) is 24.8 Å². The number of nitrogens with one attached hydrogen (secondary N) is 1. The van der Waals surface area contributed by atoms with Gasteiger partial charge in [-0.25, -0.2) is 4.39 Å². The number of rotatable bonds is 6. The summed E-state index contributed by atoms with van der Waals surface area (Å²) < 4.78 is 18.5. The van der Waals surface area contributed by atoms with Gasteiger partial charge < -0.3 is 10.1 Å². The van der Waals surface area contributed by atoms with E-state index in [2.05, 4.69) is 10.2 Å². The largest absolute Gasteiger partial charge is 0.379 e. The molecule has 2 aromatic rings. The molecule has 1 fully saturated rings. The van der Waals surface area contributed by atoms with Crippen molar-refractivity contribution in [3.63, 3.8) is 0 Å². The smallest absolute Gasteiger partial charge is 0.244 e. The first-order valence-corrected chi connectivity index (χ1v) is 9.70. The third kappa shape index (κ3) is 5.41. The molecule has 4 nitrogen and oxygen atoms in total. The fourth-order valence-corrected chi connectivity index (χ4v) is 3.57. The predicted molar refractivity (Wildman–Crippen MR) is 110 cm³/mol. The summed E-state index contributed by atoms with van der Waals surface area (Å²) in [6.45, 7) is 5.18. The molecule has 0 aromatic heterocycles. The fourth-order valence-electron chi connectivity index (χ4n) is 3.31. The second kappa shape index (κ2) is 9.82. The molecule has 0 saturated carbocycles. The lowest BCUT2D eigenvalue weighted by molar-refractivity contribution is -0.116. The van der Waals surface area contributed by atoms with Gasteiger partial charge in [-0.1, -0.05) is 41.9 Å². The minimum Gasteiger partial charge on any atom is -0.379 e. The van der Waals surface area contributed by atoms with Crippen LogP contribution in [0.4, 0.5) is 4.39 Å². The molecule has 1 saturated heterocycles. The van der Waals surface area contributed by atoms with Crippen molar-refractivity contribution in [2.24, 2.45) is 0 Å². The average Bonchev–Trinajstić information content (AvgIpc) is 2.70. The number of hydrogen-bond donors (Lipinski definition) is 1. The Hall–Kier alpha value is -2.21. The first-order valence-electron chi connectivity index (χ1n) is 9.33. The molecule has 1 N–H and O–H groups in total. The molecule has 3 rings (SSSR count). The number of amides is 1. The summed E-state index contributed by atoms with van der Waals surface area (Å²) in [5.41, 5.74) is 2.58. The number of carbonyl (C=O) groups excluding carboxylic acids is 1. The van der Waals surface area contributed by atoms with Crippen LogP contribution in [0.2, 0.25) is 5.02 Å². The maximum atomic E-state index is 13.1. The summed E-state index contributed by atoms with van der Waals surface area (Å²) in [6.07, 6.45) is 1.54. The molecular formula is C22H24ClFN2O2. The van der Waals surface area contributed by atoms with E-state index < -0.39 is 0 Å². The van der Waals surface area contributed by atoms with Crippen molar-refractivity contribution in [3.8, 4) is 0 Å². The number of morpholine rings is 1. The Morgan fingerprint density at radius 2 is 1.89 bits per heavy atom. The quantitative estimate of drug-likeness (QED) is 0.740. The molecule has 0 aliphatic carbocycles. The molecule has 6 heteroatoms. The zero-order valence-corrected chi connectivity index (χ0v) is 16.6. The van der Waals surface area contributed by atoms with E-state index in [4.69, 9.17) is 16.3 Å². The molecule has 1 aliphatic heterocycles. The predicted octanol–water partition coefficient (Wildman–Crippen LogP) is 4.07. The number of allylic oxidation sites excluding steroid dienone is 1. The van der Waals surface area contributed by atoms with Gasteiger partial charge >= 0.3 is 0 Å². The van der Waals surface area contributed by atoms with E-state index in [1.54, 1.807) is 12.1 Å². The second-order valence-electron chi connectivity index (χ2n) is 6.77. The standard InChI is InChI=1S/C22H24ClFN2O2/c1-16(17-6-8-18(24)9-7-17)14-22(27)25-15-21(26-10-12-28-13-11-26)19-4-2-3-5-20(19)23/h2-9,14,21H,10-13,15H2,1H3,(H,25,27)/b16-14-. The molecule has 1 atom stereocenters. The zero-order chi connectivity index (χ0) is 19.9. The van der Waals surface area contributed by atoms with Crippen LogP contribution in [0.3, 0.4) is 0 Å². The van der Waals surface area contributed by atoms with Crippen molar-refractivity contribution in [3.05, 3.63) is 76.6 Å². The van der Waals surface area contributed by atoms with Crippen LogP contribution in [-0.4, -0.2) is 43.7 Å². The van der Waals surface area contributed by atoms with Crippen molar-refractivity contribution in [2.75, 3.05) is 32.8 Å². The molecule has 1 heterocycles. The molecule has 1 aliphatic rings. The van der Waals surface area contributed by atoms with Crippen molar-refractivity contribution in [1.29, 1.82) is 0 Å². The van der Waals surface area contributed by atoms with Crippen molar-refractivity contribution < 1.29 is 13.9 Å². The van der Waals surface area contributed by atoms with Crippen LogP contribution in [0, 0.1) is 5.82 Å². The van der Waals surface area contributed by atoms with Crippen molar-refractivity contribution in [2.45, 2.75) is 13.0 Å². The molecule has 0 bridgehead atoms. The van der Waals surface area contributed by atoms with E-state index in [-0.39, 0.29) is 17.8 Å². The van der Waals surface area contributed by atoms with Gasteiger partial charge in [0.1, 0.15) is 5.82 Å². The van der Waals surface area contributed by atoms with Gasteiger partial charge in [0, 0.05) is 30.7 Å². The summed E-state index contributed by atoms with van der Waals surface area (Å²) >= 11 is 6.42. The van der Waals surface area contributed by atoms with Crippen LogP contribution in [0.5, 0.6) is 0 Å². The van der Waals surface area contributed by atoms with Crippen LogP contribution in [0.25, 0.3) is 5.57 Å². The van der Waals surface area contributed by atoms with E-state index in [0.717, 1.165) is 29.8 Å². The van der Waals surface area contributed by atoms with E-state index in [9.17, 15) is 9.18 Å². The fraction of sp³-hybridized carbons (Fsp3) is 0.318. The normalized spacial score (nSPS) is 16.6. The van der Waals surface area contributed by atoms with Crippen molar-refractivity contribution >= 4 is 23.1 Å². The molecule has 0 radical (unpaired) electrons. The monoisotopic (exact) mass is 402 g/mol. The van der Waals surface area contributed by atoms with Gasteiger partial charge in [-0.05, 0) is 41.8 Å². The summed E-state index contributed by atoms with van der Waals surface area (Å²) in [5.74, 6) is -0.485. The lowest BCUT2D eigenvalue weighted by atomic mass is 10.0. The minimum absolute atomic E-state index is 0.0268. The Kier molecular flexibility index (Phi) is 7.20.